The number of fused-ring (bicyclic) bond motifs is 1. The van der Waals surface area contributed by atoms with Crippen molar-refractivity contribution in [2.45, 2.75) is 6.92 Å². The highest BCUT2D eigenvalue weighted by molar-refractivity contribution is 6.42. The summed E-state index contributed by atoms with van der Waals surface area (Å²) >= 11 is 11.8. The number of carbonyl (C=O) groups excluding carboxylic acids is 2. The predicted octanol–water partition coefficient (Wildman–Crippen LogP) is 4.01. The van der Waals surface area contributed by atoms with Gasteiger partial charge in [-0.1, -0.05) is 41.4 Å². The number of aromatic nitrogens is 1. The number of para-hydroxylation sites is 1. The lowest BCUT2D eigenvalue weighted by molar-refractivity contribution is 0.0928. The molecule has 3 rings (SSSR count). The Morgan fingerprint density at radius 2 is 1.63 bits per heavy atom. The Hall–Kier alpha value is -2.63. The highest BCUT2D eigenvalue weighted by Crippen LogP contribution is 2.22. The first-order valence-electron chi connectivity index (χ1n) is 8.33. The zero-order valence-corrected chi connectivity index (χ0v) is 16.1. The number of halogens is 2. The summed E-state index contributed by atoms with van der Waals surface area (Å²) in [5.41, 5.74) is 2.52. The minimum absolute atomic E-state index is 0.208. The van der Waals surface area contributed by atoms with Crippen molar-refractivity contribution in [3.8, 4) is 0 Å². The molecular weight excluding hydrogens is 385 g/mol. The molecule has 0 aliphatic carbocycles. The molecule has 0 atom stereocenters. The van der Waals surface area contributed by atoms with E-state index in [0.717, 1.165) is 16.6 Å². The fourth-order valence-corrected chi connectivity index (χ4v) is 2.98. The van der Waals surface area contributed by atoms with Gasteiger partial charge in [0.2, 0.25) is 0 Å². The van der Waals surface area contributed by atoms with E-state index in [2.05, 4.69) is 15.6 Å². The number of hydrogen-bond acceptors (Lipinski definition) is 3. The predicted molar refractivity (Wildman–Crippen MR) is 108 cm³/mol. The maximum absolute atomic E-state index is 12.5. The zero-order valence-electron chi connectivity index (χ0n) is 14.6. The molecule has 0 saturated heterocycles. The first-order chi connectivity index (χ1) is 13.0. The standard InChI is InChI=1S/C20H17Cl2N3O2/c1-12-10-15(14-4-2-3-5-18(14)25-12)20(27)24-9-8-23-19(26)13-6-7-16(21)17(22)11-13/h2-7,10-11H,8-9H2,1H3,(H,23,26)(H,24,27). The molecule has 0 fully saturated rings. The fraction of sp³-hybridized carbons (Fsp3) is 0.150. The topological polar surface area (TPSA) is 71.1 Å². The van der Waals surface area contributed by atoms with Gasteiger partial charge in [-0.3, -0.25) is 14.6 Å². The van der Waals surface area contributed by atoms with Crippen LogP contribution in [0.1, 0.15) is 26.4 Å². The van der Waals surface area contributed by atoms with E-state index in [4.69, 9.17) is 23.2 Å². The summed E-state index contributed by atoms with van der Waals surface area (Å²) < 4.78 is 0. The van der Waals surface area contributed by atoms with Crippen molar-refractivity contribution in [3.05, 3.63) is 75.4 Å². The van der Waals surface area contributed by atoms with Gasteiger partial charge in [0.05, 0.1) is 21.1 Å². The molecule has 7 heteroatoms. The van der Waals surface area contributed by atoms with Crippen LogP contribution in [0.4, 0.5) is 0 Å². The third kappa shape index (κ3) is 4.56. The lowest BCUT2D eigenvalue weighted by atomic mass is 10.1. The number of carbonyl (C=O) groups is 2. The molecule has 0 bridgehead atoms. The molecule has 5 nitrogen and oxygen atoms in total. The second kappa shape index (κ2) is 8.37. The van der Waals surface area contributed by atoms with Gasteiger partial charge >= 0.3 is 0 Å². The van der Waals surface area contributed by atoms with E-state index >= 15 is 0 Å². The van der Waals surface area contributed by atoms with Crippen LogP contribution in [0.3, 0.4) is 0 Å². The molecule has 1 heterocycles. The van der Waals surface area contributed by atoms with Gasteiger partial charge in [0.1, 0.15) is 0 Å². The third-order valence-electron chi connectivity index (χ3n) is 3.97. The van der Waals surface area contributed by atoms with Crippen LogP contribution in [0.15, 0.2) is 48.5 Å². The fourth-order valence-electron chi connectivity index (χ4n) is 2.68. The summed E-state index contributed by atoms with van der Waals surface area (Å²) in [5, 5.41) is 7.05. The molecule has 0 saturated carbocycles. The number of benzene rings is 2. The third-order valence-corrected chi connectivity index (χ3v) is 4.71. The van der Waals surface area contributed by atoms with Gasteiger partial charge in [-0.25, -0.2) is 0 Å². The van der Waals surface area contributed by atoms with Crippen molar-refractivity contribution in [3.63, 3.8) is 0 Å². The summed E-state index contributed by atoms with van der Waals surface area (Å²) in [4.78, 5) is 29.1. The molecule has 0 radical (unpaired) electrons. The lowest BCUT2D eigenvalue weighted by Crippen LogP contribution is -2.34. The molecular formula is C20H17Cl2N3O2. The molecule has 2 N–H and O–H groups in total. The molecule has 0 unspecified atom stereocenters. The average Bonchev–Trinajstić information content (AvgIpc) is 2.66. The van der Waals surface area contributed by atoms with E-state index < -0.39 is 0 Å². The van der Waals surface area contributed by atoms with E-state index in [9.17, 15) is 9.59 Å². The average molecular weight is 402 g/mol. The summed E-state index contributed by atoms with van der Waals surface area (Å²) in [5.74, 6) is -0.492. The summed E-state index contributed by atoms with van der Waals surface area (Å²) in [6.07, 6.45) is 0. The normalized spacial score (nSPS) is 10.6. The monoisotopic (exact) mass is 401 g/mol. The van der Waals surface area contributed by atoms with Gasteiger partial charge in [0.15, 0.2) is 0 Å². The van der Waals surface area contributed by atoms with Gasteiger partial charge in [-0.15, -0.1) is 0 Å². The van der Waals surface area contributed by atoms with Gasteiger partial charge in [0, 0.05) is 29.7 Å². The molecule has 0 aliphatic heterocycles. The number of nitrogens with one attached hydrogen (secondary N) is 2. The highest BCUT2D eigenvalue weighted by Gasteiger charge is 2.12. The van der Waals surface area contributed by atoms with E-state index in [0.29, 0.717) is 27.7 Å². The molecule has 3 aromatic rings. The number of pyridine rings is 1. The van der Waals surface area contributed by atoms with E-state index in [-0.39, 0.29) is 18.4 Å². The zero-order chi connectivity index (χ0) is 19.4. The van der Waals surface area contributed by atoms with Crippen LogP contribution in [0, 0.1) is 6.92 Å². The van der Waals surface area contributed by atoms with Crippen molar-refractivity contribution in [1.29, 1.82) is 0 Å². The van der Waals surface area contributed by atoms with Crippen LogP contribution in [0.25, 0.3) is 10.9 Å². The van der Waals surface area contributed by atoms with Crippen LogP contribution >= 0.6 is 23.2 Å². The van der Waals surface area contributed by atoms with Gasteiger partial charge in [0.25, 0.3) is 11.8 Å². The minimum atomic E-state index is -0.284. The second-order valence-electron chi connectivity index (χ2n) is 5.97. The van der Waals surface area contributed by atoms with Crippen molar-refractivity contribution in [2.24, 2.45) is 0 Å². The molecule has 27 heavy (non-hydrogen) atoms. The van der Waals surface area contributed by atoms with Gasteiger partial charge < -0.3 is 10.6 Å². The van der Waals surface area contributed by atoms with Crippen molar-refractivity contribution >= 4 is 45.9 Å². The Morgan fingerprint density at radius 3 is 2.37 bits per heavy atom. The SMILES string of the molecule is Cc1cc(C(=O)NCCNC(=O)c2ccc(Cl)c(Cl)c2)c2ccccc2n1. The lowest BCUT2D eigenvalue weighted by Gasteiger charge is -2.10. The van der Waals surface area contributed by atoms with E-state index in [1.165, 1.54) is 6.07 Å². The number of rotatable bonds is 5. The molecule has 1 aromatic heterocycles. The highest BCUT2D eigenvalue weighted by atomic mass is 35.5. The Labute approximate surface area is 166 Å². The second-order valence-corrected chi connectivity index (χ2v) is 6.78. The number of aryl methyl sites for hydroxylation is 1. The van der Waals surface area contributed by atoms with Crippen LogP contribution < -0.4 is 10.6 Å². The largest absolute Gasteiger partial charge is 0.350 e. The number of nitrogens with zero attached hydrogens (tertiary/aromatic N) is 1. The first-order valence-corrected chi connectivity index (χ1v) is 9.09. The van der Waals surface area contributed by atoms with Crippen molar-refractivity contribution < 1.29 is 9.59 Å². The van der Waals surface area contributed by atoms with Crippen molar-refractivity contribution in [1.82, 2.24) is 15.6 Å². The first kappa shape index (κ1) is 19.1. The Bertz CT molecular complexity index is 1020. The summed E-state index contributed by atoms with van der Waals surface area (Å²) in [7, 11) is 0. The molecule has 2 amide bonds. The Kier molecular flexibility index (Phi) is 5.94. The minimum Gasteiger partial charge on any atom is -0.350 e. The summed E-state index contributed by atoms with van der Waals surface area (Å²) in [6.45, 7) is 2.43. The summed E-state index contributed by atoms with van der Waals surface area (Å²) in [6, 6.07) is 13.9. The molecule has 0 spiro atoms. The number of hydrogen-bond donors (Lipinski definition) is 2. The molecule has 2 aromatic carbocycles. The van der Waals surface area contributed by atoms with Gasteiger partial charge in [-0.2, -0.15) is 0 Å². The van der Waals surface area contributed by atoms with Crippen LogP contribution in [-0.2, 0) is 0 Å². The van der Waals surface area contributed by atoms with E-state index in [1.807, 2.05) is 31.2 Å². The maximum atomic E-state index is 12.5. The van der Waals surface area contributed by atoms with Crippen LogP contribution in [0.5, 0.6) is 0 Å². The molecule has 138 valence electrons. The number of amides is 2. The van der Waals surface area contributed by atoms with Crippen LogP contribution in [0.2, 0.25) is 10.0 Å². The van der Waals surface area contributed by atoms with E-state index in [1.54, 1.807) is 18.2 Å². The smallest absolute Gasteiger partial charge is 0.252 e. The maximum Gasteiger partial charge on any atom is 0.252 e. The Balaban J connectivity index is 1.59. The Morgan fingerprint density at radius 1 is 0.926 bits per heavy atom. The van der Waals surface area contributed by atoms with Crippen LogP contribution in [-0.4, -0.2) is 29.9 Å². The molecule has 0 aliphatic rings. The quantitative estimate of drug-likeness (QED) is 0.634. The van der Waals surface area contributed by atoms with Gasteiger partial charge in [-0.05, 0) is 37.3 Å². The van der Waals surface area contributed by atoms with Crippen molar-refractivity contribution in [2.75, 3.05) is 13.1 Å².